The first kappa shape index (κ1) is 21.7. The molecular weight excluding hydrogens is 388 g/mol. The van der Waals surface area contributed by atoms with Crippen molar-refractivity contribution in [3.8, 4) is 0 Å². The van der Waals surface area contributed by atoms with E-state index in [0.29, 0.717) is 25.1 Å². The number of likely N-dealkylation sites (tertiary alicyclic amines) is 1. The second kappa shape index (κ2) is 10.1. The number of H-pyrrole nitrogens is 1. The number of thiol groups is 1. The van der Waals surface area contributed by atoms with Crippen LogP contribution in [-0.4, -0.2) is 80.6 Å². The van der Waals surface area contributed by atoms with Crippen molar-refractivity contribution >= 4 is 36.3 Å². The van der Waals surface area contributed by atoms with Gasteiger partial charge >= 0.3 is 5.97 Å². The lowest BCUT2D eigenvalue weighted by molar-refractivity contribution is -0.149. The Kier molecular flexibility index (Phi) is 7.81. The Morgan fingerprint density at radius 2 is 2.18 bits per heavy atom. The highest BCUT2D eigenvalue weighted by atomic mass is 32.1. The maximum absolute atomic E-state index is 12.9. The van der Waals surface area contributed by atoms with Gasteiger partial charge in [-0.25, -0.2) is 9.78 Å². The summed E-state index contributed by atoms with van der Waals surface area (Å²) in [5.74, 6) is -2.58. The van der Waals surface area contributed by atoms with Crippen LogP contribution in [0.2, 0.25) is 0 Å². The number of nitrogens with zero attached hydrogens (tertiary/aromatic N) is 2. The van der Waals surface area contributed by atoms with Crippen molar-refractivity contribution in [1.29, 1.82) is 0 Å². The zero-order valence-corrected chi connectivity index (χ0v) is 16.0. The Bertz CT molecular complexity index is 712. The van der Waals surface area contributed by atoms with Crippen LogP contribution in [-0.2, 0) is 25.6 Å². The molecule has 3 amide bonds. The maximum atomic E-state index is 12.9. The van der Waals surface area contributed by atoms with E-state index in [1.165, 1.54) is 17.4 Å². The first-order chi connectivity index (χ1) is 13.3. The number of amides is 3. The summed E-state index contributed by atoms with van der Waals surface area (Å²) in [7, 11) is 0. The van der Waals surface area contributed by atoms with Crippen LogP contribution in [0.3, 0.4) is 0 Å². The summed E-state index contributed by atoms with van der Waals surface area (Å²) in [4.78, 5) is 56.2. The fraction of sp³-hybridized carbons (Fsp3) is 0.562. The molecule has 1 aromatic rings. The minimum absolute atomic E-state index is 0.109. The predicted molar refractivity (Wildman–Crippen MR) is 101 cm³/mol. The summed E-state index contributed by atoms with van der Waals surface area (Å²) in [6.45, 7) is -0.0614. The van der Waals surface area contributed by atoms with E-state index in [-0.39, 0.29) is 18.7 Å². The Balaban J connectivity index is 2.04. The molecular formula is C16H24N6O5S. The fourth-order valence-electron chi connectivity index (χ4n) is 2.93. The first-order valence-electron chi connectivity index (χ1n) is 8.77. The number of carboxylic acids is 1. The summed E-state index contributed by atoms with van der Waals surface area (Å²) >= 11 is 3.91. The van der Waals surface area contributed by atoms with Crippen molar-refractivity contribution < 1.29 is 24.3 Å². The van der Waals surface area contributed by atoms with Crippen molar-refractivity contribution in [3.05, 3.63) is 18.2 Å². The highest BCUT2D eigenvalue weighted by molar-refractivity contribution is 7.80. The molecule has 1 aliphatic heterocycles. The molecule has 6 N–H and O–H groups in total. The van der Waals surface area contributed by atoms with Gasteiger partial charge in [0.05, 0.1) is 18.9 Å². The van der Waals surface area contributed by atoms with Crippen LogP contribution in [0.1, 0.15) is 18.5 Å². The summed E-state index contributed by atoms with van der Waals surface area (Å²) in [5.41, 5.74) is 6.12. The number of nitrogens with one attached hydrogen (secondary N) is 3. The molecule has 3 atom stereocenters. The van der Waals surface area contributed by atoms with Gasteiger partial charge in [0.15, 0.2) is 0 Å². The van der Waals surface area contributed by atoms with Crippen molar-refractivity contribution in [3.63, 3.8) is 0 Å². The van der Waals surface area contributed by atoms with Gasteiger partial charge in [-0.3, -0.25) is 14.4 Å². The SMILES string of the molecule is NC(CS)C(=O)NCC(=O)NC(Cc1cnc[nH]1)C(=O)N1CCCC1C(=O)O. The third-order valence-electron chi connectivity index (χ3n) is 4.39. The van der Waals surface area contributed by atoms with Crippen LogP contribution in [0, 0.1) is 0 Å². The molecule has 1 saturated heterocycles. The van der Waals surface area contributed by atoms with Gasteiger partial charge in [-0.1, -0.05) is 0 Å². The lowest BCUT2D eigenvalue weighted by Gasteiger charge is -2.27. The predicted octanol–water partition coefficient (Wildman–Crippen LogP) is -2.11. The number of aromatic nitrogens is 2. The van der Waals surface area contributed by atoms with Crippen molar-refractivity contribution in [2.75, 3.05) is 18.8 Å². The number of carboxylic acid groups (broad SMARTS) is 1. The van der Waals surface area contributed by atoms with Crippen LogP contribution in [0.4, 0.5) is 0 Å². The Morgan fingerprint density at radius 1 is 1.43 bits per heavy atom. The lowest BCUT2D eigenvalue weighted by Crippen LogP contribution is -2.54. The van der Waals surface area contributed by atoms with Crippen molar-refractivity contribution in [2.45, 2.75) is 37.4 Å². The third-order valence-corrected chi connectivity index (χ3v) is 4.78. The second-order valence-electron chi connectivity index (χ2n) is 6.44. The third kappa shape index (κ3) is 5.70. The molecule has 3 unspecified atom stereocenters. The van der Waals surface area contributed by atoms with Crippen LogP contribution in [0.15, 0.2) is 12.5 Å². The smallest absolute Gasteiger partial charge is 0.326 e. The highest BCUT2D eigenvalue weighted by Gasteiger charge is 2.37. The summed E-state index contributed by atoms with van der Waals surface area (Å²) in [5, 5.41) is 14.2. The van der Waals surface area contributed by atoms with Gasteiger partial charge in [0.2, 0.25) is 17.7 Å². The molecule has 28 heavy (non-hydrogen) atoms. The molecule has 0 radical (unpaired) electrons. The van der Waals surface area contributed by atoms with Gasteiger partial charge in [-0.05, 0) is 12.8 Å². The zero-order chi connectivity index (χ0) is 20.7. The molecule has 0 spiro atoms. The number of carbonyl (C=O) groups is 4. The average molecular weight is 412 g/mol. The molecule has 2 heterocycles. The normalized spacial score (nSPS) is 18.4. The Labute approximate surface area is 166 Å². The molecule has 2 rings (SSSR count). The van der Waals surface area contributed by atoms with E-state index in [2.05, 4.69) is 33.2 Å². The van der Waals surface area contributed by atoms with Crippen LogP contribution >= 0.6 is 12.6 Å². The van der Waals surface area contributed by atoms with Gasteiger partial charge in [-0.2, -0.15) is 12.6 Å². The van der Waals surface area contributed by atoms with Gasteiger partial charge in [0.25, 0.3) is 0 Å². The van der Waals surface area contributed by atoms with Crippen LogP contribution in [0.25, 0.3) is 0 Å². The maximum Gasteiger partial charge on any atom is 0.326 e. The molecule has 0 aromatic carbocycles. The first-order valence-corrected chi connectivity index (χ1v) is 9.40. The molecule has 12 heteroatoms. The van der Waals surface area contributed by atoms with Gasteiger partial charge in [0.1, 0.15) is 12.1 Å². The molecule has 1 aliphatic rings. The highest BCUT2D eigenvalue weighted by Crippen LogP contribution is 2.19. The number of aromatic amines is 1. The standard InChI is InChI=1S/C16H24N6O5S/c17-10(7-28)14(24)19-6-13(23)21-11(4-9-5-18-8-20-9)15(25)22-3-1-2-12(22)16(26)27/h5,8,10-12,28H,1-4,6-7,17H2,(H,18,20)(H,19,24)(H,21,23)(H,26,27). The van der Waals surface area contributed by atoms with E-state index >= 15 is 0 Å². The van der Waals surface area contributed by atoms with Crippen LogP contribution in [0.5, 0.6) is 0 Å². The van der Waals surface area contributed by atoms with Gasteiger partial charge in [0, 0.05) is 30.6 Å². The largest absolute Gasteiger partial charge is 0.480 e. The molecule has 154 valence electrons. The molecule has 0 bridgehead atoms. The Hall–Kier alpha value is -2.60. The number of hydrogen-bond acceptors (Lipinski definition) is 7. The quantitative estimate of drug-likeness (QED) is 0.252. The van der Waals surface area contributed by atoms with E-state index < -0.39 is 41.8 Å². The Morgan fingerprint density at radius 3 is 2.79 bits per heavy atom. The molecule has 1 aromatic heterocycles. The van der Waals surface area contributed by atoms with E-state index in [1.54, 1.807) is 0 Å². The summed E-state index contributed by atoms with van der Waals surface area (Å²) < 4.78 is 0. The molecule has 11 nitrogen and oxygen atoms in total. The van der Waals surface area contributed by atoms with Crippen molar-refractivity contribution in [2.24, 2.45) is 5.73 Å². The number of aliphatic carboxylic acids is 1. The zero-order valence-electron chi connectivity index (χ0n) is 15.1. The van der Waals surface area contributed by atoms with Crippen LogP contribution < -0.4 is 16.4 Å². The topological polar surface area (TPSA) is 171 Å². The van der Waals surface area contributed by atoms with Gasteiger partial charge in [-0.15, -0.1) is 0 Å². The average Bonchev–Trinajstić information content (AvgIpc) is 3.35. The van der Waals surface area contributed by atoms with E-state index in [9.17, 15) is 24.3 Å². The number of imidazole rings is 1. The van der Waals surface area contributed by atoms with Crippen molar-refractivity contribution in [1.82, 2.24) is 25.5 Å². The summed E-state index contributed by atoms with van der Waals surface area (Å²) in [6.07, 6.45) is 4.00. The second-order valence-corrected chi connectivity index (χ2v) is 6.80. The van der Waals surface area contributed by atoms with Gasteiger partial charge < -0.3 is 31.4 Å². The van der Waals surface area contributed by atoms with E-state index in [1.807, 2.05) is 0 Å². The molecule has 1 fully saturated rings. The number of hydrogen-bond donors (Lipinski definition) is 6. The molecule has 0 saturated carbocycles. The number of rotatable bonds is 9. The number of carbonyl (C=O) groups excluding carboxylic acids is 3. The van der Waals surface area contributed by atoms with E-state index in [0.717, 1.165) is 0 Å². The lowest BCUT2D eigenvalue weighted by atomic mass is 10.1. The van der Waals surface area contributed by atoms with E-state index in [4.69, 9.17) is 5.73 Å². The molecule has 0 aliphatic carbocycles. The number of nitrogens with two attached hydrogens (primary N) is 1. The summed E-state index contributed by atoms with van der Waals surface area (Å²) in [6, 6.07) is -2.76. The monoisotopic (exact) mass is 412 g/mol. The minimum Gasteiger partial charge on any atom is -0.480 e. The minimum atomic E-state index is -1.08. The fourth-order valence-corrected chi connectivity index (χ4v) is 3.10.